The molecule has 1 N–H and O–H groups in total. The Morgan fingerprint density at radius 3 is 2.48 bits per heavy atom. The summed E-state index contributed by atoms with van der Waals surface area (Å²) >= 11 is 6.06. The van der Waals surface area contributed by atoms with Gasteiger partial charge in [-0.1, -0.05) is 35.9 Å². The predicted octanol–water partition coefficient (Wildman–Crippen LogP) is 4.11. The standard InChI is InChI=1S/C24H23ClN2O5S/c1-31-23-11-6-19(14-22(23)25)26-33(29,30)21-9-7-20(8-10-21)32-16-24(28)27-13-12-17-4-2-3-5-18(17)15-27/h2-11,14,26H,12-13,15-16H2,1H3. The number of anilines is 1. The van der Waals surface area contributed by atoms with E-state index in [1.165, 1.54) is 43.0 Å². The van der Waals surface area contributed by atoms with Crippen molar-refractivity contribution < 1.29 is 22.7 Å². The van der Waals surface area contributed by atoms with Crippen molar-refractivity contribution in [3.8, 4) is 11.5 Å². The van der Waals surface area contributed by atoms with Crippen molar-refractivity contribution in [1.82, 2.24) is 4.90 Å². The summed E-state index contributed by atoms with van der Waals surface area (Å²) in [7, 11) is -2.34. The number of fused-ring (bicyclic) bond motifs is 1. The van der Waals surface area contributed by atoms with E-state index >= 15 is 0 Å². The zero-order valence-corrected chi connectivity index (χ0v) is 19.5. The first-order chi connectivity index (χ1) is 15.9. The van der Waals surface area contributed by atoms with Crippen LogP contribution in [0.2, 0.25) is 5.02 Å². The van der Waals surface area contributed by atoms with Crippen molar-refractivity contribution in [1.29, 1.82) is 0 Å². The summed E-state index contributed by atoms with van der Waals surface area (Å²) in [6, 6.07) is 18.6. The minimum absolute atomic E-state index is 0.0563. The Labute approximate surface area is 197 Å². The van der Waals surface area contributed by atoms with Gasteiger partial charge in [0.1, 0.15) is 11.5 Å². The summed E-state index contributed by atoms with van der Waals surface area (Å²) in [6.45, 7) is 1.10. The number of sulfonamides is 1. The largest absolute Gasteiger partial charge is 0.495 e. The SMILES string of the molecule is COc1ccc(NS(=O)(=O)c2ccc(OCC(=O)N3CCc4ccccc4C3)cc2)cc1Cl. The molecule has 0 atom stereocenters. The molecule has 7 nitrogen and oxygen atoms in total. The third-order valence-corrected chi connectivity index (χ3v) is 7.08. The van der Waals surface area contributed by atoms with Crippen LogP contribution in [0.5, 0.6) is 11.5 Å². The van der Waals surface area contributed by atoms with E-state index < -0.39 is 10.0 Å². The highest BCUT2D eigenvalue weighted by atomic mass is 35.5. The first-order valence-electron chi connectivity index (χ1n) is 10.3. The molecule has 0 spiro atoms. The molecule has 1 amide bonds. The number of amides is 1. The second-order valence-electron chi connectivity index (χ2n) is 7.55. The molecule has 4 rings (SSSR count). The van der Waals surface area contributed by atoms with Crippen LogP contribution in [0.25, 0.3) is 0 Å². The van der Waals surface area contributed by atoms with Gasteiger partial charge >= 0.3 is 0 Å². The second-order valence-corrected chi connectivity index (χ2v) is 9.64. The number of carbonyl (C=O) groups is 1. The van der Waals surface area contributed by atoms with Crippen LogP contribution in [-0.2, 0) is 27.8 Å². The molecule has 9 heteroatoms. The first-order valence-corrected chi connectivity index (χ1v) is 12.2. The van der Waals surface area contributed by atoms with Gasteiger partial charge in [-0.3, -0.25) is 9.52 Å². The van der Waals surface area contributed by atoms with E-state index in [0.29, 0.717) is 35.3 Å². The highest BCUT2D eigenvalue weighted by Gasteiger charge is 2.21. The van der Waals surface area contributed by atoms with E-state index in [-0.39, 0.29) is 17.4 Å². The van der Waals surface area contributed by atoms with Crippen LogP contribution in [0, 0.1) is 0 Å². The Morgan fingerprint density at radius 1 is 1.06 bits per heavy atom. The van der Waals surface area contributed by atoms with Gasteiger partial charge in [0.2, 0.25) is 0 Å². The third-order valence-electron chi connectivity index (χ3n) is 5.38. The second kappa shape index (κ2) is 9.72. The van der Waals surface area contributed by atoms with Crippen LogP contribution in [0.15, 0.2) is 71.6 Å². The number of hydrogen-bond acceptors (Lipinski definition) is 5. The van der Waals surface area contributed by atoms with Crippen molar-refractivity contribution in [2.45, 2.75) is 17.9 Å². The molecule has 0 radical (unpaired) electrons. The lowest BCUT2D eigenvalue weighted by molar-refractivity contribution is -0.134. The number of nitrogens with zero attached hydrogens (tertiary/aromatic N) is 1. The Bertz CT molecular complexity index is 1260. The molecule has 3 aromatic carbocycles. The fourth-order valence-corrected chi connectivity index (χ4v) is 4.91. The maximum atomic E-state index is 12.7. The number of rotatable bonds is 7. The summed E-state index contributed by atoms with van der Waals surface area (Å²) in [5, 5.41) is 0.295. The minimum Gasteiger partial charge on any atom is -0.495 e. The van der Waals surface area contributed by atoms with E-state index in [4.69, 9.17) is 21.1 Å². The zero-order chi connectivity index (χ0) is 23.4. The van der Waals surface area contributed by atoms with Crippen molar-refractivity contribution >= 4 is 33.2 Å². The van der Waals surface area contributed by atoms with E-state index in [9.17, 15) is 13.2 Å². The van der Waals surface area contributed by atoms with Crippen molar-refractivity contribution in [2.75, 3.05) is 25.0 Å². The molecule has 0 saturated carbocycles. The van der Waals surface area contributed by atoms with Gasteiger partial charge in [0.25, 0.3) is 15.9 Å². The third kappa shape index (κ3) is 5.40. The van der Waals surface area contributed by atoms with Crippen molar-refractivity contribution in [2.24, 2.45) is 0 Å². The van der Waals surface area contributed by atoms with Crippen LogP contribution >= 0.6 is 11.6 Å². The molecule has 0 bridgehead atoms. The molecule has 0 unspecified atom stereocenters. The zero-order valence-electron chi connectivity index (χ0n) is 18.0. The van der Waals surface area contributed by atoms with Crippen molar-refractivity contribution in [3.05, 3.63) is 82.9 Å². The number of halogens is 1. The van der Waals surface area contributed by atoms with E-state index in [0.717, 1.165) is 12.0 Å². The van der Waals surface area contributed by atoms with Gasteiger partial charge in [0, 0.05) is 13.1 Å². The lowest BCUT2D eigenvalue weighted by Crippen LogP contribution is -2.38. The smallest absolute Gasteiger partial charge is 0.261 e. The summed E-state index contributed by atoms with van der Waals surface area (Å²) in [5.41, 5.74) is 2.73. The summed E-state index contributed by atoms with van der Waals surface area (Å²) in [4.78, 5) is 14.4. The fraction of sp³-hybridized carbons (Fsp3) is 0.208. The van der Waals surface area contributed by atoms with Gasteiger partial charge in [0.15, 0.2) is 6.61 Å². The van der Waals surface area contributed by atoms with Crippen LogP contribution in [0.3, 0.4) is 0 Å². The molecule has 33 heavy (non-hydrogen) atoms. The average molecular weight is 487 g/mol. The van der Waals surface area contributed by atoms with Gasteiger partial charge in [-0.05, 0) is 60.0 Å². The number of benzene rings is 3. The molecule has 1 aliphatic rings. The van der Waals surface area contributed by atoms with E-state index in [2.05, 4.69) is 10.8 Å². The maximum absolute atomic E-state index is 12.7. The van der Waals surface area contributed by atoms with Gasteiger partial charge in [-0.25, -0.2) is 8.42 Å². The summed E-state index contributed by atoms with van der Waals surface area (Å²) in [6.07, 6.45) is 0.820. The number of nitrogens with one attached hydrogen (secondary N) is 1. The maximum Gasteiger partial charge on any atom is 0.261 e. The van der Waals surface area contributed by atoms with Crippen LogP contribution in [-0.4, -0.2) is 39.5 Å². The van der Waals surface area contributed by atoms with Gasteiger partial charge in [-0.2, -0.15) is 0 Å². The highest BCUT2D eigenvalue weighted by molar-refractivity contribution is 7.92. The van der Waals surface area contributed by atoms with Gasteiger partial charge in [-0.15, -0.1) is 0 Å². The molecule has 3 aromatic rings. The monoisotopic (exact) mass is 486 g/mol. The van der Waals surface area contributed by atoms with E-state index in [1.807, 2.05) is 18.2 Å². The summed E-state index contributed by atoms with van der Waals surface area (Å²) in [5.74, 6) is 0.746. The molecule has 1 aliphatic heterocycles. The Kier molecular flexibility index (Phi) is 6.76. The molecule has 172 valence electrons. The molecule has 0 fully saturated rings. The Morgan fingerprint density at radius 2 is 1.79 bits per heavy atom. The quantitative estimate of drug-likeness (QED) is 0.543. The fourth-order valence-electron chi connectivity index (χ4n) is 3.60. The molecule has 1 heterocycles. The van der Waals surface area contributed by atoms with E-state index in [1.54, 1.807) is 17.0 Å². The number of carbonyl (C=O) groups excluding carboxylic acids is 1. The number of methoxy groups -OCH3 is 1. The highest BCUT2D eigenvalue weighted by Crippen LogP contribution is 2.28. The number of ether oxygens (including phenoxy) is 2. The molecular formula is C24H23ClN2O5S. The van der Waals surface area contributed by atoms with Crippen LogP contribution in [0.4, 0.5) is 5.69 Å². The lowest BCUT2D eigenvalue weighted by atomic mass is 10.00. The molecule has 0 aromatic heterocycles. The minimum atomic E-state index is -3.82. The molecule has 0 saturated heterocycles. The first kappa shape index (κ1) is 22.9. The molecular weight excluding hydrogens is 464 g/mol. The normalized spacial score (nSPS) is 13.2. The Balaban J connectivity index is 1.35. The van der Waals surface area contributed by atoms with Crippen molar-refractivity contribution in [3.63, 3.8) is 0 Å². The van der Waals surface area contributed by atoms with Gasteiger partial charge in [0.05, 0.1) is 22.7 Å². The predicted molar refractivity (Wildman–Crippen MR) is 126 cm³/mol. The number of hydrogen-bond donors (Lipinski definition) is 1. The lowest BCUT2D eigenvalue weighted by Gasteiger charge is -2.28. The van der Waals surface area contributed by atoms with Crippen LogP contribution < -0.4 is 14.2 Å². The average Bonchev–Trinajstić information content (AvgIpc) is 2.82. The summed E-state index contributed by atoms with van der Waals surface area (Å²) < 4.78 is 38.5. The van der Waals surface area contributed by atoms with Gasteiger partial charge < -0.3 is 14.4 Å². The molecule has 0 aliphatic carbocycles. The topological polar surface area (TPSA) is 84.9 Å². The Hall–Kier alpha value is -3.23. The van der Waals surface area contributed by atoms with Crippen LogP contribution in [0.1, 0.15) is 11.1 Å².